The lowest BCUT2D eigenvalue weighted by Gasteiger charge is -2.04. The van der Waals surface area contributed by atoms with Crippen molar-refractivity contribution >= 4 is 0 Å². The highest BCUT2D eigenvalue weighted by molar-refractivity contribution is 4.74. The highest BCUT2D eigenvalue weighted by Crippen LogP contribution is 2.35. The van der Waals surface area contributed by atoms with Crippen LogP contribution in [0.5, 0.6) is 0 Å². The monoisotopic (exact) mass is 112 g/mol. The van der Waals surface area contributed by atoms with Gasteiger partial charge in [-0.2, -0.15) is 0 Å². The lowest BCUT2D eigenvalue weighted by Crippen LogP contribution is -1.91. The second-order valence-corrected chi connectivity index (χ2v) is 3.19. The summed E-state index contributed by atoms with van der Waals surface area (Å²) in [7, 11) is 0. The minimum atomic E-state index is 0.988. The summed E-state index contributed by atoms with van der Waals surface area (Å²) in [5.41, 5.74) is 0. The fraction of sp³-hybridized carbons (Fsp3) is 1.00. The Kier molecular flexibility index (Phi) is 1.93. The lowest BCUT2D eigenvalue weighted by molar-refractivity contribution is 0.482. The van der Waals surface area contributed by atoms with Gasteiger partial charge in [-0.3, -0.25) is 0 Å². The van der Waals surface area contributed by atoms with Crippen molar-refractivity contribution in [2.75, 3.05) is 0 Å². The Bertz CT molecular complexity index is 62.4. The van der Waals surface area contributed by atoms with E-state index in [4.69, 9.17) is 0 Å². The van der Waals surface area contributed by atoms with Gasteiger partial charge in [-0.1, -0.05) is 33.1 Å². The Morgan fingerprint density at radius 3 is 2.50 bits per heavy atom. The molecule has 0 aromatic carbocycles. The predicted octanol–water partition coefficient (Wildman–Crippen LogP) is 2.83. The van der Waals surface area contributed by atoms with E-state index in [9.17, 15) is 0 Å². The highest BCUT2D eigenvalue weighted by atomic mass is 14.3. The maximum absolute atomic E-state index is 2.36. The molecule has 0 heterocycles. The van der Waals surface area contributed by atoms with E-state index in [0.29, 0.717) is 0 Å². The smallest absolute Gasteiger partial charge is 0.0412 e. The van der Waals surface area contributed by atoms with Crippen LogP contribution in [0.3, 0.4) is 0 Å². The van der Waals surface area contributed by atoms with Crippen molar-refractivity contribution in [1.82, 2.24) is 0 Å². The first-order chi connectivity index (χ1) is 3.83. The second kappa shape index (κ2) is 2.52. The maximum Gasteiger partial charge on any atom is -0.0412 e. The van der Waals surface area contributed by atoms with Gasteiger partial charge in [-0.05, 0) is 18.3 Å². The Morgan fingerprint density at radius 1 is 1.50 bits per heavy atom. The van der Waals surface area contributed by atoms with E-state index in [-0.39, 0.29) is 0 Å². The molecule has 0 heteroatoms. The van der Waals surface area contributed by atoms with Crippen LogP contribution in [0, 0.1) is 11.8 Å². The molecule has 0 N–H and O–H groups in total. The zero-order valence-corrected chi connectivity index (χ0v) is 5.98. The SMILES string of the molecule is CCC(C)CC1CC1. The molecule has 0 amide bonds. The molecule has 0 aliphatic heterocycles. The normalized spacial score (nSPS) is 23.2. The van der Waals surface area contributed by atoms with Gasteiger partial charge in [0.15, 0.2) is 0 Å². The predicted molar refractivity (Wildman–Crippen MR) is 36.8 cm³/mol. The van der Waals surface area contributed by atoms with Crippen molar-refractivity contribution in [1.29, 1.82) is 0 Å². The van der Waals surface area contributed by atoms with Crippen LogP contribution in [-0.4, -0.2) is 0 Å². The fourth-order valence-corrected chi connectivity index (χ4v) is 1.09. The molecule has 1 aliphatic rings. The molecule has 1 atom stereocenters. The van der Waals surface area contributed by atoms with Crippen LogP contribution >= 0.6 is 0 Å². The van der Waals surface area contributed by atoms with Crippen molar-refractivity contribution in [3.05, 3.63) is 0 Å². The molecule has 1 rings (SSSR count). The molecule has 1 unspecified atom stereocenters. The van der Waals surface area contributed by atoms with Crippen molar-refractivity contribution in [2.45, 2.75) is 39.5 Å². The molecular formula is C8H16. The summed E-state index contributed by atoms with van der Waals surface area (Å²) < 4.78 is 0. The Hall–Kier alpha value is 0. The van der Waals surface area contributed by atoms with E-state index < -0.39 is 0 Å². The van der Waals surface area contributed by atoms with Gasteiger partial charge in [0.1, 0.15) is 0 Å². The molecule has 0 radical (unpaired) electrons. The molecule has 48 valence electrons. The third kappa shape index (κ3) is 1.85. The van der Waals surface area contributed by atoms with Crippen LogP contribution in [-0.2, 0) is 0 Å². The van der Waals surface area contributed by atoms with Crippen LogP contribution in [0.4, 0.5) is 0 Å². The standard InChI is InChI=1S/C8H16/c1-3-7(2)6-8-4-5-8/h7-8H,3-6H2,1-2H3. The van der Waals surface area contributed by atoms with Gasteiger partial charge in [-0.15, -0.1) is 0 Å². The Balaban J connectivity index is 1.98. The van der Waals surface area contributed by atoms with Gasteiger partial charge in [-0.25, -0.2) is 0 Å². The maximum atomic E-state index is 2.36. The van der Waals surface area contributed by atoms with E-state index in [0.717, 1.165) is 11.8 Å². The fourth-order valence-electron chi connectivity index (χ4n) is 1.09. The van der Waals surface area contributed by atoms with Crippen LogP contribution in [0.25, 0.3) is 0 Å². The van der Waals surface area contributed by atoms with Crippen molar-refractivity contribution in [3.63, 3.8) is 0 Å². The summed E-state index contributed by atoms with van der Waals surface area (Å²) in [6.07, 6.45) is 5.90. The van der Waals surface area contributed by atoms with Crippen LogP contribution < -0.4 is 0 Å². The quantitative estimate of drug-likeness (QED) is 0.526. The summed E-state index contributed by atoms with van der Waals surface area (Å²) >= 11 is 0. The summed E-state index contributed by atoms with van der Waals surface area (Å²) in [6.45, 7) is 4.64. The van der Waals surface area contributed by atoms with E-state index in [1.54, 1.807) is 0 Å². The molecular weight excluding hydrogens is 96.1 g/mol. The van der Waals surface area contributed by atoms with Gasteiger partial charge < -0.3 is 0 Å². The molecule has 0 nitrogen and oxygen atoms in total. The van der Waals surface area contributed by atoms with Crippen LogP contribution in [0.2, 0.25) is 0 Å². The van der Waals surface area contributed by atoms with Crippen molar-refractivity contribution < 1.29 is 0 Å². The number of rotatable bonds is 3. The van der Waals surface area contributed by atoms with Crippen LogP contribution in [0.1, 0.15) is 39.5 Å². The molecule has 0 saturated heterocycles. The van der Waals surface area contributed by atoms with Gasteiger partial charge in [0.2, 0.25) is 0 Å². The Labute approximate surface area is 52.3 Å². The van der Waals surface area contributed by atoms with Gasteiger partial charge in [0.05, 0.1) is 0 Å². The van der Waals surface area contributed by atoms with E-state index >= 15 is 0 Å². The molecule has 0 bridgehead atoms. The summed E-state index contributed by atoms with van der Waals surface area (Å²) in [6, 6.07) is 0. The van der Waals surface area contributed by atoms with Crippen LogP contribution in [0.15, 0.2) is 0 Å². The topological polar surface area (TPSA) is 0 Å². The minimum Gasteiger partial charge on any atom is -0.0651 e. The van der Waals surface area contributed by atoms with E-state index in [1.165, 1.54) is 25.7 Å². The largest absolute Gasteiger partial charge is 0.0651 e. The molecule has 0 aromatic rings. The number of hydrogen-bond acceptors (Lipinski definition) is 0. The minimum absolute atomic E-state index is 0.988. The van der Waals surface area contributed by atoms with Gasteiger partial charge >= 0.3 is 0 Å². The molecule has 0 aromatic heterocycles. The third-order valence-electron chi connectivity index (χ3n) is 2.13. The van der Waals surface area contributed by atoms with E-state index in [1.807, 2.05) is 0 Å². The van der Waals surface area contributed by atoms with Gasteiger partial charge in [0, 0.05) is 0 Å². The van der Waals surface area contributed by atoms with Crippen molar-refractivity contribution in [3.8, 4) is 0 Å². The second-order valence-electron chi connectivity index (χ2n) is 3.19. The summed E-state index contributed by atoms with van der Waals surface area (Å²) in [5.74, 6) is 2.12. The lowest BCUT2D eigenvalue weighted by atomic mass is 10.0. The first-order valence-electron chi connectivity index (χ1n) is 3.83. The zero-order valence-electron chi connectivity index (χ0n) is 5.98. The highest BCUT2D eigenvalue weighted by Gasteiger charge is 2.22. The zero-order chi connectivity index (χ0) is 5.98. The molecule has 1 aliphatic carbocycles. The molecule has 8 heavy (non-hydrogen) atoms. The van der Waals surface area contributed by atoms with E-state index in [2.05, 4.69) is 13.8 Å². The van der Waals surface area contributed by atoms with Gasteiger partial charge in [0.25, 0.3) is 0 Å². The summed E-state index contributed by atoms with van der Waals surface area (Å²) in [4.78, 5) is 0. The summed E-state index contributed by atoms with van der Waals surface area (Å²) in [5, 5.41) is 0. The molecule has 1 fully saturated rings. The molecule has 1 saturated carbocycles. The molecule has 0 spiro atoms. The first-order valence-corrected chi connectivity index (χ1v) is 3.83. The third-order valence-corrected chi connectivity index (χ3v) is 2.13. The first kappa shape index (κ1) is 6.12. The van der Waals surface area contributed by atoms with Crippen molar-refractivity contribution in [2.24, 2.45) is 11.8 Å². The number of hydrogen-bond donors (Lipinski definition) is 0. The average Bonchev–Trinajstić information content (AvgIpc) is 2.50. The average molecular weight is 112 g/mol. The Morgan fingerprint density at radius 2 is 2.12 bits per heavy atom.